The second-order valence-electron chi connectivity index (χ2n) is 3.98. The monoisotopic (exact) mass is 272 g/mol. The molecule has 3 N–H and O–H groups in total. The highest BCUT2D eigenvalue weighted by molar-refractivity contribution is 5.88. The molecule has 1 heterocycles. The Labute approximate surface area is 114 Å². The summed E-state index contributed by atoms with van der Waals surface area (Å²) in [7, 11) is 0. The highest BCUT2D eigenvalue weighted by Crippen LogP contribution is 2.17. The van der Waals surface area contributed by atoms with Crippen LogP contribution in [0.5, 0.6) is 0 Å². The maximum Gasteiger partial charge on any atom is 0.356 e. The number of rotatable bonds is 4. The number of hydrogen-bond donors (Lipinski definition) is 3. The van der Waals surface area contributed by atoms with E-state index in [0.29, 0.717) is 11.5 Å². The summed E-state index contributed by atoms with van der Waals surface area (Å²) in [6, 6.07) is 7.00. The van der Waals surface area contributed by atoms with Gasteiger partial charge in [0.2, 0.25) is 5.91 Å². The predicted octanol–water partition coefficient (Wildman–Crippen LogP) is 1.88. The van der Waals surface area contributed by atoms with Gasteiger partial charge in [0.25, 0.3) is 0 Å². The van der Waals surface area contributed by atoms with E-state index in [2.05, 4.69) is 20.6 Å². The predicted molar refractivity (Wildman–Crippen MR) is 73.0 cm³/mol. The van der Waals surface area contributed by atoms with Crippen LogP contribution >= 0.6 is 0 Å². The Morgan fingerprint density at radius 3 is 2.20 bits per heavy atom. The van der Waals surface area contributed by atoms with Crippen molar-refractivity contribution in [1.29, 1.82) is 0 Å². The van der Waals surface area contributed by atoms with Gasteiger partial charge >= 0.3 is 5.97 Å². The van der Waals surface area contributed by atoms with Crippen molar-refractivity contribution in [2.75, 3.05) is 10.6 Å². The summed E-state index contributed by atoms with van der Waals surface area (Å²) < 4.78 is 0. The van der Waals surface area contributed by atoms with Crippen LogP contribution in [0.3, 0.4) is 0 Å². The molecule has 0 radical (unpaired) electrons. The van der Waals surface area contributed by atoms with Gasteiger partial charge < -0.3 is 15.7 Å². The van der Waals surface area contributed by atoms with Gasteiger partial charge in [-0.2, -0.15) is 0 Å². The lowest BCUT2D eigenvalue weighted by Crippen LogP contribution is -2.05. The number of nitrogens with one attached hydrogen (secondary N) is 2. The molecule has 2 rings (SSSR count). The van der Waals surface area contributed by atoms with Gasteiger partial charge in [0, 0.05) is 18.3 Å². The van der Waals surface area contributed by atoms with E-state index in [1.807, 2.05) is 0 Å². The number of aromatic nitrogens is 2. The molecule has 0 saturated carbocycles. The van der Waals surface area contributed by atoms with Crippen molar-refractivity contribution < 1.29 is 14.7 Å². The zero-order chi connectivity index (χ0) is 14.5. The lowest BCUT2D eigenvalue weighted by atomic mass is 10.3. The molecule has 0 aliphatic heterocycles. The van der Waals surface area contributed by atoms with Gasteiger partial charge in [-0.05, 0) is 24.3 Å². The number of carbonyl (C=O) groups excluding carboxylic acids is 1. The topological polar surface area (TPSA) is 104 Å². The van der Waals surface area contributed by atoms with Crippen LogP contribution < -0.4 is 10.6 Å². The summed E-state index contributed by atoms with van der Waals surface area (Å²) in [6.07, 6.45) is 2.52. The van der Waals surface area contributed by atoms with Gasteiger partial charge in [-0.15, -0.1) is 0 Å². The number of benzene rings is 1. The van der Waals surface area contributed by atoms with Crippen molar-refractivity contribution in [2.45, 2.75) is 6.92 Å². The van der Waals surface area contributed by atoms with Crippen molar-refractivity contribution in [3.8, 4) is 0 Å². The molecule has 0 aliphatic carbocycles. The van der Waals surface area contributed by atoms with Gasteiger partial charge in [0.15, 0.2) is 5.69 Å². The van der Waals surface area contributed by atoms with E-state index >= 15 is 0 Å². The SMILES string of the molecule is CC(=O)Nc1ccc(Nc2cnc(C(=O)O)cn2)cc1. The van der Waals surface area contributed by atoms with Crippen molar-refractivity contribution in [2.24, 2.45) is 0 Å². The van der Waals surface area contributed by atoms with E-state index in [4.69, 9.17) is 5.11 Å². The minimum atomic E-state index is -1.12. The molecule has 1 aromatic heterocycles. The molecule has 0 fully saturated rings. The van der Waals surface area contributed by atoms with Gasteiger partial charge in [-0.1, -0.05) is 0 Å². The number of anilines is 3. The molecule has 102 valence electrons. The lowest BCUT2D eigenvalue weighted by Gasteiger charge is -2.07. The molecule has 20 heavy (non-hydrogen) atoms. The van der Waals surface area contributed by atoms with E-state index in [-0.39, 0.29) is 11.6 Å². The Kier molecular flexibility index (Phi) is 3.90. The van der Waals surface area contributed by atoms with Crippen LogP contribution in [0.4, 0.5) is 17.2 Å². The van der Waals surface area contributed by atoms with Crippen LogP contribution in [0.25, 0.3) is 0 Å². The molecule has 0 atom stereocenters. The number of amides is 1. The summed E-state index contributed by atoms with van der Waals surface area (Å²) >= 11 is 0. The molecule has 7 heteroatoms. The molecule has 0 saturated heterocycles. The van der Waals surface area contributed by atoms with Crippen molar-refractivity contribution in [3.63, 3.8) is 0 Å². The molecule has 0 bridgehead atoms. The molecule has 0 spiro atoms. The minimum absolute atomic E-state index is 0.114. The number of nitrogens with zero attached hydrogens (tertiary/aromatic N) is 2. The van der Waals surface area contributed by atoms with Crippen LogP contribution in [0.15, 0.2) is 36.7 Å². The highest BCUT2D eigenvalue weighted by atomic mass is 16.4. The van der Waals surface area contributed by atoms with Crippen molar-refractivity contribution in [1.82, 2.24) is 9.97 Å². The first-order valence-electron chi connectivity index (χ1n) is 5.74. The second kappa shape index (κ2) is 5.79. The summed E-state index contributed by atoms with van der Waals surface area (Å²) in [5.74, 6) is -0.827. The zero-order valence-electron chi connectivity index (χ0n) is 10.6. The van der Waals surface area contributed by atoms with Crippen LogP contribution in [-0.2, 0) is 4.79 Å². The van der Waals surface area contributed by atoms with Crippen LogP contribution in [-0.4, -0.2) is 27.0 Å². The van der Waals surface area contributed by atoms with Crippen molar-refractivity contribution >= 4 is 29.1 Å². The Morgan fingerprint density at radius 1 is 1.05 bits per heavy atom. The first-order valence-corrected chi connectivity index (χ1v) is 5.74. The summed E-state index contributed by atoms with van der Waals surface area (Å²) in [5, 5.41) is 14.3. The third-order valence-corrected chi connectivity index (χ3v) is 2.35. The van der Waals surface area contributed by atoms with Crippen LogP contribution in [0.1, 0.15) is 17.4 Å². The van der Waals surface area contributed by atoms with Gasteiger partial charge in [-0.3, -0.25) is 4.79 Å². The lowest BCUT2D eigenvalue weighted by molar-refractivity contribution is -0.114. The Balaban J connectivity index is 2.06. The number of aromatic carboxylic acids is 1. The molecule has 2 aromatic rings. The third kappa shape index (κ3) is 3.52. The molecule has 1 amide bonds. The molecular formula is C13H12N4O3. The van der Waals surface area contributed by atoms with Crippen LogP contribution in [0, 0.1) is 0 Å². The number of hydrogen-bond acceptors (Lipinski definition) is 5. The smallest absolute Gasteiger partial charge is 0.356 e. The van der Waals surface area contributed by atoms with E-state index in [9.17, 15) is 9.59 Å². The van der Waals surface area contributed by atoms with E-state index in [0.717, 1.165) is 5.69 Å². The van der Waals surface area contributed by atoms with E-state index in [1.54, 1.807) is 24.3 Å². The van der Waals surface area contributed by atoms with Crippen molar-refractivity contribution in [3.05, 3.63) is 42.4 Å². The van der Waals surface area contributed by atoms with E-state index in [1.165, 1.54) is 19.3 Å². The fourth-order valence-electron chi connectivity index (χ4n) is 1.49. The Bertz CT molecular complexity index is 623. The number of carboxylic acid groups (broad SMARTS) is 1. The third-order valence-electron chi connectivity index (χ3n) is 2.35. The average molecular weight is 272 g/mol. The van der Waals surface area contributed by atoms with E-state index < -0.39 is 5.97 Å². The number of carboxylic acids is 1. The molecule has 0 unspecified atom stereocenters. The molecule has 0 aliphatic rings. The summed E-state index contributed by atoms with van der Waals surface area (Å²) in [4.78, 5) is 29.2. The fourth-order valence-corrected chi connectivity index (χ4v) is 1.49. The van der Waals surface area contributed by atoms with Gasteiger partial charge in [-0.25, -0.2) is 14.8 Å². The second-order valence-corrected chi connectivity index (χ2v) is 3.98. The largest absolute Gasteiger partial charge is 0.476 e. The first kappa shape index (κ1) is 13.5. The maximum absolute atomic E-state index is 10.9. The Hall–Kier alpha value is -2.96. The maximum atomic E-state index is 10.9. The zero-order valence-corrected chi connectivity index (χ0v) is 10.6. The highest BCUT2D eigenvalue weighted by Gasteiger charge is 2.05. The molecule has 1 aromatic carbocycles. The first-order chi connectivity index (χ1) is 9.54. The Morgan fingerprint density at radius 2 is 1.70 bits per heavy atom. The van der Waals surface area contributed by atoms with Gasteiger partial charge in [0.1, 0.15) is 5.82 Å². The molecular weight excluding hydrogens is 260 g/mol. The standard InChI is InChI=1S/C13H12N4O3/c1-8(18)16-9-2-4-10(5-3-9)17-12-7-14-11(6-15-12)13(19)20/h2-7H,1H3,(H,15,17)(H,16,18)(H,19,20). The quantitative estimate of drug-likeness (QED) is 0.785. The fraction of sp³-hybridized carbons (Fsp3) is 0.0769. The van der Waals surface area contributed by atoms with Crippen LogP contribution in [0.2, 0.25) is 0 Å². The van der Waals surface area contributed by atoms with Gasteiger partial charge in [0.05, 0.1) is 12.4 Å². The summed E-state index contributed by atoms with van der Waals surface area (Å²) in [6.45, 7) is 1.44. The number of carbonyl (C=O) groups is 2. The summed E-state index contributed by atoms with van der Waals surface area (Å²) in [5.41, 5.74) is 1.32. The average Bonchev–Trinajstić information content (AvgIpc) is 2.41. The minimum Gasteiger partial charge on any atom is -0.476 e. The normalized spacial score (nSPS) is 9.85. The molecule has 7 nitrogen and oxygen atoms in total.